The lowest BCUT2D eigenvalue weighted by Crippen LogP contribution is -2.71. The van der Waals surface area contributed by atoms with E-state index in [4.69, 9.17) is 18.9 Å². The van der Waals surface area contributed by atoms with E-state index in [-0.39, 0.29) is 28.4 Å². The summed E-state index contributed by atoms with van der Waals surface area (Å²) in [7, 11) is 0. The SMILES string of the molecule is CC(=O)Oc1ccc(C(=O)NC(C(=O)N[C@@H]2C(=O)N3[C@@H]2SC(C)(C)[C@@H]3C(=O)OCC(=O)OC(C)(C)C)c2ccc(O)cc2)cc1OC(C)=O. The molecule has 0 aromatic heterocycles. The Morgan fingerprint density at radius 1 is 0.959 bits per heavy atom. The molecule has 0 bridgehead atoms. The van der Waals surface area contributed by atoms with E-state index in [9.17, 15) is 38.7 Å². The van der Waals surface area contributed by atoms with Crippen molar-refractivity contribution in [1.82, 2.24) is 15.5 Å². The van der Waals surface area contributed by atoms with Gasteiger partial charge in [-0.2, -0.15) is 0 Å². The zero-order chi connectivity index (χ0) is 36.4. The summed E-state index contributed by atoms with van der Waals surface area (Å²) in [5.74, 6) is -5.52. The normalized spacial score (nSPS) is 19.8. The van der Waals surface area contributed by atoms with E-state index in [1.165, 1.54) is 53.1 Å². The fourth-order valence-corrected chi connectivity index (χ4v) is 6.87. The number of fused-ring (bicyclic) bond motifs is 1. The Morgan fingerprint density at radius 3 is 2.16 bits per heavy atom. The van der Waals surface area contributed by atoms with Crippen molar-refractivity contribution in [2.75, 3.05) is 6.61 Å². The molecule has 2 fully saturated rings. The number of ether oxygens (including phenoxy) is 4. The molecule has 2 aromatic carbocycles. The van der Waals surface area contributed by atoms with Gasteiger partial charge in [0, 0.05) is 24.2 Å². The molecule has 2 saturated heterocycles. The first kappa shape index (κ1) is 36.7. The second-order valence-corrected chi connectivity index (χ2v) is 14.6. The van der Waals surface area contributed by atoms with Gasteiger partial charge in [-0.05, 0) is 70.5 Å². The van der Waals surface area contributed by atoms with Crippen LogP contribution in [0.4, 0.5) is 0 Å². The van der Waals surface area contributed by atoms with Crippen LogP contribution in [-0.4, -0.2) is 86.0 Å². The molecule has 2 aromatic rings. The van der Waals surface area contributed by atoms with E-state index in [1.54, 1.807) is 34.6 Å². The van der Waals surface area contributed by atoms with Crippen LogP contribution in [0.1, 0.15) is 70.4 Å². The second kappa shape index (κ2) is 14.2. The summed E-state index contributed by atoms with van der Waals surface area (Å²) >= 11 is 1.26. The number of nitrogens with one attached hydrogen (secondary N) is 2. The van der Waals surface area contributed by atoms with Gasteiger partial charge in [-0.15, -0.1) is 11.8 Å². The van der Waals surface area contributed by atoms with Crippen LogP contribution in [0.15, 0.2) is 42.5 Å². The number of hydrogen-bond donors (Lipinski definition) is 3. The second-order valence-electron chi connectivity index (χ2n) is 12.8. The molecule has 4 rings (SSSR count). The summed E-state index contributed by atoms with van der Waals surface area (Å²) in [4.78, 5) is 90.2. The van der Waals surface area contributed by atoms with Crippen LogP contribution >= 0.6 is 11.8 Å². The molecule has 262 valence electrons. The minimum atomic E-state index is -1.38. The zero-order valence-corrected chi connectivity index (χ0v) is 28.7. The quantitative estimate of drug-likeness (QED) is 0.185. The first-order valence-corrected chi connectivity index (χ1v) is 15.9. The van der Waals surface area contributed by atoms with Crippen LogP contribution < -0.4 is 20.1 Å². The number of phenols is 1. The number of rotatable bonds is 10. The molecule has 2 aliphatic rings. The molecule has 4 atom stereocenters. The zero-order valence-electron chi connectivity index (χ0n) is 27.9. The maximum atomic E-state index is 13.8. The highest BCUT2D eigenvalue weighted by atomic mass is 32.2. The predicted molar refractivity (Wildman–Crippen MR) is 172 cm³/mol. The number of aromatic hydroxyl groups is 1. The molecule has 0 spiro atoms. The van der Waals surface area contributed by atoms with Crippen molar-refractivity contribution in [3.8, 4) is 17.2 Å². The predicted octanol–water partition coefficient (Wildman–Crippen LogP) is 2.15. The van der Waals surface area contributed by atoms with Gasteiger partial charge in [0.05, 0.1) is 0 Å². The van der Waals surface area contributed by atoms with Crippen LogP contribution in [0.25, 0.3) is 0 Å². The maximum Gasteiger partial charge on any atom is 0.344 e. The van der Waals surface area contributed by atoms with E-state index in [1.807, 2.05) is 0 Å². The van der Waals surface area contributed by atoms with Crippen molar-refractivity contribution >= 4 is 53.4 Å². The largest absolute Gasteiger partial charge is 0.508 e. The number of hydrogen-bond acceptors (Lipinski definition) is 13. The van der Waals surface area contributed by atoms with Gasteiger partial charge in [-0.25, -0.2) is 9.59 Å². The summed E-state index contributed by atoms with van der Waals surface area (Å²) in [5, 5.41) is 14.4. The number of β-lactam (4-membered cyclic amide) rings is 1. The summed E-state index contributed by atoms with van der Waals surface area (Å²) in [6.07, 6.45) is 0. The molecule has 3 amide bonds. The topological polar surface area (TPSA) is 204 Å². The minimum absolute atomic E-state index is 0.0598. The maximum absolute atomic E-state index is 13.8. The Balaban J connectivity index is 1.52. The van der Waals surface area contributed by atoms with E-state index in [2.05, 4.69) is 10.6 Å². The Kier molecular flexibility index (Phi) is 10.6. The average molecular weight is 700 g/mol. The van der Waals surface area contributed by atoms with Crippen LogP contribution in [0, 0.1) is 0 Å². The fourth-order valence-electron chi connectivity index (χ4n) is 5.25. The summed E-state index contributed by atoms with van der Waals surface area (Å²) in [6.45, 7) is 10.1. The number of benzene rings is 2. The van der Waals surface area contributed by atoms with Crippen LogP contribution in [0.3, 0.4) is 0 Å². The molecule has 0 radical (unpaired) electrons. The van der Waals surface area contributed by atoms with Crippen molar-refractivity contribution in [1.29, 1.82) is 0 Å². The first-order valence-electron chi connectivity index (χ1n) is 15.1. The van der Waals surface area contributed by atoms with Crippen molar-refractivity contribution in [2.24, 2.45) is 0 Å². The lowest BCUT2D eigenvalue weighted by molar-refractivity contribution is -0.172. The van der Waals surface area contributed by atoms with Gasteiger partial charge in [-0.3, -0.25) is 24.0 Å². The third-order valence-corrected chi connectivity index (χ3v) is 8.76. The van der Waals surface area contributed by atoms with Crippen LogP contribution in [-0.2, 0) is 38.2 Å². The standard InChI is InChI=1S/C33H37N3O12S/c1-16(37)46-21-13-10-19(14-22(21)47-17(2)38)27(41)34-24(18-8-11-20(39)12-9-18)28(42)35-25-29(43)36-26(33(6,7)49-30(25)36)31(44)45-15-23(40)48-32(3,4)5/h8-14,24-26,30,39H,15H2,1-7H3,(H,34,41)(H,35,42)/t24?,25-,26+,30-/m1/s1. The smallest absolute Gasteiger partial charge is 0.344 e. The number of thioether (sulfide) groups is 1. The lowest BCUT2D eigenvalue weighted by Gasteiger charge is -2.44. The van der Waals surface area contributed by atoms with E-state index in [0.29, 0.717) is 0 Å². The molecule has 3 N–H and O–H groups in total. The van der Waals surface area contributed by atoms with Crippen LogP contribution in [0.5, 0.6) is 17.2 Å². The summed E-state index contributed by atoms with van der Waals surface area (Å²) in [6, 6.07) is 5.64. The number of phenolic OH excluding ortho intramolecular Hbond substituents is 1. The van der Waals surface area contributed by atoms with Gasteiger partial charge in [0.1, 0.15) is 34.8 Å². The molecule has 0 aliphatic carbocycles. The highest BCUT2D eigenvalue weighted by Crippen LogP contribution is 2.51. The van der Waals surface area contributed by atoms with Gasteiger partial charge in [0.25, 0.3) is 5.91 Å². The van der Waals surface area contributed by atoms with Gasteiger partial charge in [-0.1, -0.05) is 12.1 Å². The van der Waals surface area contributed by atoms with E-state index >= 15 is 0 Å². The van der Waals surface area contributed by atoms with Crippen molar-refractivity contribution in [2.45, 2.75) is 82.3 Å². The Bertz CT molecular complexity index is 1680. The minimum Gasteiger partial charge on any atom is -0.508 e. The Hall–Kier alpha value is -5.12. The Morgan fingerprint density at radius 2 is 1.57 bits per heavy atom. The number of amides is 3. The number of esters is 4. The Labute approximate surface area is 286 Å². The molecule has 2 heterocycles. The molecule has 2 aliphatic heterocycles. The fraction of sp³-hybridized carbons (Fsp3) is 0.424. The van der Waals surface area contributed by atoms with Gasteiger partial charge >= 0.3 is 23.9 Å². The van der Waals surface area contributed by atoms with Gasteiger partial charge < -0.3 is 39.6 Å². The summed E-state index contributed by atoms with van der Waals surface area (Å²) in [5.41, 5.74) is -0.585. The molecule has 1 unspecified atom stereocenters. The van der Waals surface area contributed by atoms with Crippen LogP contribution in [0.2, 0.25) is 0 Å². The van der Waals surface area contributed by atoms with E-state index < -0.39 is 82.1 Å². The highest BCUT2D eigenvalue weighted by molar-refractivity contribution is 8.01. The molecule has 49 heavy (non-hydrogen) atoms. The molecule has 16 heteroatoms. The van der Waals surface area contributed by atoms with Gasteiger partial charge in [0.2, 0.25) is 11.8 Å². The van der Waals surface area contributed by atoms with Crippen molar-refractivity contribution in [3.05, 3.63) is 53.6 Å². The monoisotopic (exact) mass is 699 g/mol. The van der Waals surface area contributed by atoms with Crippen molar-refractivity contribution in [3.63, 3.8) is 0 Å². The third-order valence-electron chi connectivity index (χ3n) is 7.19. The third kappa shape index (κ3) is 8.68. The average Bonchev–Trinajstić information content (AvgIpc) is 3.24. The number of nitrogens with zero attached hydrogens (tertiary/aromatic N) is 1. The lowest BCUT2D eigenvalue weighted by atomic mass is 9.95. The number of carbonyl (C=O) groups excluding carboxylic acids is 7. The molecule has 15 nitrogen and oxygen atoms in total. The molecular weight excluding hydrogens is 662 g/mol. The van der Waals surface area contributed by atoms with E-state index in [0.717, 1.165) is 19.9 Å². The summed E-state index contributed by atoms with van der Waals surface area (Å²) < 4.78 is 19.7. The molecule has 0 saturated carbocycles. The molecular formula is C33H37N3O12S. The number of carbonyl (C=O) groups is 7. The first-order chi connectivity index (χ1) is 22.8. The van der Waals surface area contributed by atoms with Gasteiger partial charge in [0.15, 0.2) is 18.1 Å². The van der Waals surface area contributed by atoms with Crippen molar-refractivity contribution < 1.29 is 57.6 Å². The highest BCUT2D eigenvalue weighted by Gasteiger charge is 2.64.